The van der Waals surface area contributed by atoms with Gasteiger partial charge in [0, 0.05) is 17.1 Å². The quantitative estimate of drug-likeness (QED) is 0.893. The highest BCUT2D eigenvalue weighted by Crippen LogP contribution is 2.27. The van der Waals surface area contributed by atoms with Gasteiger partial charge in [-0.3, -0.25) is 4.90 Å². The first-order valence-electron chi connectivity index (χ1n) is 6.34. The third kappa shape index (κ3) is 2.82. The van der Waals surface area contributed by atoms with Crippen LogP contribution < -0.4 is 5.73 Å². The molecule has 0 radical (unpaired) electrons. The fraction of sp³-hybridized carbons (Fsp3) is 0.571. The van der Waals surface area contributed by atoms with Gasteiger partial charge < -0.3 is 5.73 Å². The molecule has 0 spiro atoms. The van der Waals surface area contributed by atoms with Crippen molar-refractivity contribution < 1.29 is 0 Å². The average Bonchev–Trinajstić information content (AvgIpc) is 2.86. The van der Waals surface area contributed by atoms with Crippen LogP contribution in [0.1, 0.15) is 25.3 Å². The Balaban J connectivity index is 2.16. The number of hydrogen-bond donors (Lipinski definition) is 1. The van der Waals surface area contributed by atoms with Crippen molar-refractivity contribution in [3.63, 3.8) is 0 Å². The van der Waals surface area contributed by atoms with Gasteiger partial charge in [0.1, 0.15) is 0 Å². The summed E-state index contributed by atoms with van der Waals surface area (Å²) in [4.78, 5) is 2.51. The maximum atomic E-state index is 6.23. The molecule has 1 saturated heterocycles. The first kappa shape index (κ1) is 12.9. The van der Waals surface area contributed by atoms with E-state index in [1.165, 1.54) is 18.4 Å². The maximum absolute atomic E-state index is 6.23. The molecule has 2 rings (SSSR count). The van der Waals surface area contributed by atoms with Gasteiger partial charge in [0.2, 0.25) is 0 Å². The molecule has 0 aliphatic carbocycles. The zero-order valence-corrected chi connectivity index (χ0v) is 11.2. The highest BCUT2D eigenvalue weighted by Gasteiger charge is 2.32. The monoisotopic (exact) mass is 252 g/mol. The van der Waals surface area contributed by atoms with Crippen molar-refractivity contribution in [2.75, 3.05) is 19.6 Å². The minimum Gasteiger partial charge on any atom is -0.329 e. The first-order valence-corrected chi connectivity index (χ1v) is 6.72. The van der Waals surface area contributed by atoms with Crippen LogP contribution in [0.5, 0.6) is 0 Å². The van der Waals surface area contributed by atoms with Gasteiger partial charge >= 0.3 is 0 Å². The molecule has 1 aliphatic rings. The number of likely N-dealkylation sites (tertiary alicyclic amines) is 1. The summed E-state index contributed by atoms with van der Waals surface area (Å²) in [6.07, 6.45) is 3.51. The molecule has 17 heavy (non-hydrogen) atoms. The summed E-state index contributed by atoms with van der Waals surface area (Å²) in [6.45, 7) is 5.26. The molecule has 2 N–H and O–H groups in total. The molecule has 1 unspecified atom stereocenters. The van der Waals surface area contributed by atoms with Gasteiger partial charge in [-0.15, -0.1) is 0 Å². The van der Waals surface area contributed by atoms with Crippen molar-refractivity contribution in [2.45, 2.75) is 31.7 Å². The van der Waals surface area contributed by atoms with E-state index in [4.69, 9.17) is 17.3 Å². The summed E-state index contributed by atoms with van der Waals surface area (Å²) in [5.74, 6) is 0. The van der Waals surface area contributed by atoms with E-state index in [9.17, 15) is 0 Å². The van der Waals surface area contributed by atoms with E-state index in [-0.39, 0.29) is 5.54 Å². The van der Waals surface area contributed by atoms with E-state index in [1.54, 1.807) is 0 Å². The minimum atomic E-state index is 0.0431. The van der Waals surface area contributed by atoms with E-state index in [0.29, 0.717) is 6.54 Å². The van der Waals surface area contributed by atoms with Crippen LogP contribution in [0.4, 0.5) is 0 Å². The predicted molar refractivity (Wildman–Crippen MR) is 73.4 cm³/mol. The second-order valence-corrected chi connectivity index (χ2v) is 5.57. The summed E-state index contributed by atoms with van der Waals surface area (Å²) in [6, 6.07) is 8.08. The molecule has 0 saturated carbocycles. The van der Waals surface area contributed by atoms with Gasteiger partial charge in [-0.25, -0.2) is 0 Å². The van der Waals surface area contributed by atoms with Crippen molar-refractivity contribution in [1.82, 2.24) is 4.90 Å². The molecule has 1 heterocycles. The van der Waals surface area contributed by atoms with Gasteiger partial charge in [0.25, 0.3) is 0 Å². The third-order valence-corrected chi connectivity index (χ3v) is 4.21. The number of halogens is 1. The predicted octanol–water partition coefficient (Wildman–Crippen LogP) is 2.70. The topological polar surface area (TPSA) is 29.3 Å². The summed E-state index contributed by atoms with van der Waals surface area (Å²) in [5.41, 5.74) is 7.25. The molecule has 0 amide bonds. The van der Waals surface area contributed by atoms with Crippen LogP contribution >= 0.6 is 11.6 Å². The Morgan fingerprint density at radius 3 is 2.53 bits per heavy atom. The van der Waals surface area contributed by atoms with Crippen LogP contribution in [0.3, 0.4) is 0 Å². The molecule has 1 aliphatic heterocycles. The normalized spacial score (nSPS) is 20.4. The third-order valence-electron chi connectivity index (χ3n) is 3.84. The van der Waals surface area contributed by atoms with Crippen molar-refractivity contribution in [1.29, 1.82) is 0 Å². The largest absolute Gasteiger partial charge is 0.329 e. The summed E-state index contributed by atoms with van der Waals surface area (Å²) in [7, 11) is 0. The fourth-order valence-electron chi connectivity index (χ4n) is 2.62. The number of rotatable bonds is 4. The lowest BCUT2D eigenvalue weighted by atomic mass is 9.91. The van der Waals surface area contributed by atoms with Crippen molar-refractivity contribution in [3.05, 3.63) is 34.9 Å². The smallest absolute Gasteiger partial charge is 0.0438 e. The lowest BCUT2D eigenvalue weighted by molar-refractivity contribution is 0.143. The van der Waals surface area contributed by atoms with Crippen LogP contribution in [-0.2, 0) is 6.42 Å². The standard InChI is InChI=1S/C14H21ClN2/c1-14(11-16,17-8-4-5-9-17)10-12-6-2-3-7-13(12)15/h2-3,6-7H,4-5,8-11,16H2,1H3. The molecule has 1 aromatic rings. The van der Waals surface area contributed by atoms with E-state index in [0.717, 1.165) is 24.5 Å². The van der Waals surface area contributed by atoms with E-state index in [2.05, 4.69) is 17.9 Å². The highest BCUT2D eigenvalue weighted by molar-refractivity contribution is 6.31. The molecule has 2 nitrogen and oxygen atoms in total. The zero-order valence-electron chi connectivity index (χ0n) is 10.5. The molecule has 94 valence electrons. The second-order valence-electron chi connectivity index (χ2n) is 5.16. The van der Waals surface area contributed by atoms with Gasteiger partial charge in [0.15, 0.2) is 0 Å². The van der Waals surface area contributed by atoms with Crippen LogP contribution in [0, 0.1) is 0 Å². The van der Waals surface area contributed by atoms with Crippen LogP contribution in [0.2, 0.25) is 5.02 Å². The number of benzene rings is 1. The Morgan fingerprint density at radius 1 is 1.29 bits per heavy atom. The molecule has 0 bridgehead atoms. The average molecular weight is 253 g/mol. The Labute approximate surface area is 109 Å². The summed E-state index contributed by atoms with van der Waals surface area (Å²) < 4.78 is 0. The van der Waals surface area contributed by atoms with Crippen LogP contribution in [0.25, 0.3) is 0 Å². The first-order chi connectivity index (χ1) is 8.15. The summed E-state index contributed by atoms with van der Waals surface area (Å²) >= 11 is 6.23. The Hall–Kier alpha value is -0.570. The molecule has 3 heteroatoms. The van der Waals surface area contributed by atoms with E-state index in [1.807, 2.05) is 18.2 Å². The van der Waals surface area contributed by atoms with Crippen molar-refractivity contribution in [3.8, 4) is 0 Å². The minimum absolute atomic E-state index is 0.0431. The number of nitrogens with zero attached hydrogens (tertiary/aromatic N) is 1. The second kappa shape index (κ2) is 5.38. The van der Waals surface area contributed by atoms with E-state index < -0.39 is 0 Å². The molecule has 1 fully saturated rings. The maximum Gasteiger partial charge on any atom is 0.0438 e. The van der Waals surface area contributed by atoms with Crippen LogP contribution in [-0.4, -0.2) is 30.1 Å². The molecule has 1 atom stereocenters. The van der Waals surface area contributed by atoms with Crippen LogP contribution in [0.15, 0.2) is 24.3 Å². The lowest BCUT2D eigenvalue weighted by Crippen LogP contribution is -2.51. The van der Waals surface area contributed by atoms with Crippen molar-refractivity contribution >= 4 is 11.6 Å². The molecular formula is C14H21ClN2. The fourth-order valence-corrected chi connectivity index (χ4v) is 2.82. The Kier molecular flexibility index (Phi) is 4.08. The molecular weight excluding hydrogens is 232 g/mol. The molecule has 0 aromatic heterocycles. The van der Waals surface area contributed by atoms with Gasteiger partial charge in [-0.1, -0.05) is 29.8 Å². The van der Waals surface area contributed by atoms with Crippen molar-refractivity contribution in [2.24, 2.45) is 5.73 Å². The lowest BCUT2D eigenvalue weighted by Gasteiger charge is -2.38. The van der Waals surface area contributed by atoms with Gasteiger partial charge in [-0.05, 0) is 50.9 Å². The zero-order chi connectivity index (χ0) is 12.3. The van der Waals surface area contributed by atoms with Gasteiger partial charge in [-0.2, -0.15) is 0 Å². The van der Waals surface area contributed by atoms with E-state index >= 15 is 0 Å². The number of hydrogen-bond acceptors (Lipinski definition) is 2. The highest BCUT2D eigenvalue weighted by atomic mass is 35.5. The summed E-state index contributed by atoms with van der Waals surface area (Å²) in [5, 5.41) is 0.853. The van der Waals surface area contributed by atoms with Gasteiger partial charge in [0.05, 0.1) is 0 Å². The Bertz CT molecular complexity index is 374. The Morgan fingerprint density at radius 2 is 1.94 bits per heavy atom. The molecule has 1 aromatic carbocycles. The SMILES string of the molecule is CC(CN)(Cc1ccccc1Cl)N1CCCC1. The number of nitrogens with two attached hydrogens (primary N) is 1.